The molecule has 1 saturated heterocycles. The minimum atomic E-state index is -0.210. The third kappa shape index (κ3) is 2.84. The summed E-state index contributed by atoms with van der Waals surface area (Å²) in [6.07, 6.45) is 2.87. The van der Waals surface area contributed by atoms with Gasteiger partial charge in [-0.05, 0) is 18.4 Å². The van der Waals surface area contributed by atoms with Crippen molar-refractivity contribution >= 4 is 22.4 Å². The molecule has 0 radical (unpaired) electrons. The number of benzene rings is 1. The van der Waals surface area contributed by atoms with Crippen LogP contribution in [0.1, 0.15) is 37.1 Å². The van der Waals surface area contributed by atoms with Crippen molar-refractivity contribution in [3.8, 4) is 0 Å². The van der Waals surface area contributed by atoms with Crippen molar-refractivity contribution in [1.29, 1.82) is 0 Å². The highest BCUT2D eigenvalue weighted by molar-refractivity contribution is 7.09. The lowest BCUT2D eigenvalue weighted by atomic mass is 9.68. The average molecular weight is 342 g/mol. The van der Waals surface area contributed by atoms with E-state index in [1.54, 1.807) is 0 Å². The summed E-state index contributed by atoms with van der Waals surface area (Å²) >= 11 is 1.50. The van der Waals surface area contributed by atoms with Crippen LogP contribution in [0.4, 0.5) is 5.13 Å². The molecule has 24 heavy (non-hydrogen) atoms. The Bertz CT molecular complexity index is 699. The van der Waals surface area contributed by atoms with E-state index in [0.717, 1.165) is 50.0 Å². The van der Waals surface area contributed by atoms with Gasteiger partial charge in [0.05, 0.1) is 5.41 Å². The fourth-order valence-electron chi connectivity index (χ4n) is 3.75. The molecule has 0 atom stereocenters. The number of anilines is 1. The number of rotatable bonds is 3. The second-order valence-electron chi connectivity index (χ2n) is 6.62. The van der Waals surface area contributed by atoms with Crippen molar-refractivity contribution in [3.05, 3.63) is 41.7 Å². The summed E-state index contributed by atoms with van der Waals surface area (Å²) in [6.45, 7) is 3.94. The first-order valence-electron chi connectivity index (χ1n) is 8.65. The monoisotopic (exact) mass is 342 g/mol. The molecule has 2 fully saturated rings. The Labute approximate surface area is 146 Å². The van der Waals surface area contributed by atoms with Crippen molar-refractivity contribution in [2.24, 2.45) is 0 Å². The van der Waals surface area contributed by atoms with Gasteiger partial charge in [-0.15, -0.1) is 0 Å². The van der Waals surface area contributed by atoms with Crippen LogP contribution in [0.5, 0.6) is 0 Å². The fraction of sp³-hybridized carbons (Fsp3) is 0.500. The van der Waals surface area contributed by atoms with Crippen LogP contribution in [0, 0.1) is 0 Å². The van der Waals surface area contributed by atoms with Crippen LogP contribution in [0.3, 0.4) is 0 Å². The molecular formula is C18H22N4OS. The number of ketones is 1. The standard InChI is InChI=1S/C18H22N4OS/c23-15-6-8-18(9-7-15,14-4-2-1-3-5-14)16-20-17(24-21-16)22-12-10-19-11-13-22/h1-5,19H,6-13H2. The molecule has 0 bridgehead atoms. The van der Waals surface area contributed by atoms with E-state index in [9.17, 15) is 4.79 Å². The van der Waals surface area contributed by atoms with E-state index >= 15 is 0 Å². The molecule has 2 aliphatic rings. The second kappa shape index (κ2) is 6.61. The maximum absolute atomic E-state index is 11.8. The number of hydrogen-bond acceptors (Lipinski definition) is 6. The Morgan fingerprint density at radius 2 is 1.79 bits per heavy atom. The van der Waals surface area contributed by atoms with E-state index in [0.29, 0.717) is 18.6 Å². The molecule has 0 spiro atoms. The summed E-state index contributed by atoms with van der Waals surface area (Å²) in [7, 11) is 0. The van der Waals surface area contributed by atoms with E-state index in [1.807, 2.05) is 6.07 Å². The molecule has 1 aromatic heterocycles. The van der Waals surface area contributed by atoms with Gasteiger partial charge in [0, 0.05) is 50.6 Å². The molecule has 4 rings (SSSR count). The molecule has 1 aliphatic heterocycles. The zero-order chi connectivity index (χ0) is 16.4. The number of Topliss-reactive ketones (excluding diaryl/α,β-unsaturated/α-hetero) is 1. The van der Waals surface area contributed by atoms with Crippen LogP contribution < -0.4 is 10.2 Å². The predicted octanol–water partition coefficient (Wildman–Crippen LogP) is 2.38. The van der Waals surface area contributed by atoms with Gasteiger partial charge in [0.2, 0.25) is 5.13 Å². The van der Waals surface area contributed by atoms with Gasteiger partial charge in [0.25, 0.3) is 0 Å². The topological polar surface area (TPSA) is 58.1 Å². The fourth-order valence-corrected chi connectivity index (χ4v) is 4.56. The van der Waals surface area contributed by atoms with E-state index in [4.69, 9.17) is 9.36 Å². The van der Waals surface area contributed by atoms with Crippen LogP contribution in [0.15, 0.2) is 30.3 Å². The molecule has 1 saturated carbocycles. The summed E-state index contributed by atoms with van der Waals surface area (Å²) in [4.78, 5) is 19.0. The SMILES string of the molecule is O=C1CCC(c2ccccc2)(c2nsc(N3CCNCC3)n2)CC1. The Balaban J connectivity index is 1.69. The van der Waals surface area contributed by atoms with Gasteiger partial charge in [0.15, 0.2) is 5.82 Å². The van der Waals surface area contributed by atoms with E-state index in [2.05, 4.69) is 34.5 Å². The first-order chi connectivity index (χ1) is 11.8. The highest BCUT2D eigenvalue weighted by Gasteiger charge is 2.41. The van der Waals surface area contributed by atoms with E-state index in [1.165, 1.54) is 17.1 Å². The molecule has 126 valence electrons. The van der Waals surface area contributed by atoms with Crippen molar-refractivity contribution in [2.45, 2.75) is 31.1 Å². The highest BCUT2D eigenvalue weighted by atomic mass is 32.1. The summed E-state index contributed by atoms with van der Waals surface area (Å²) < 4.78 is 4.75. The smallest absolute Gasteiger partial charge is 0.205 e. The number of carbonyl (C=O) groups excluding carboxylic acids is 1. The third-order valence-electron chi connectivity index (χ3n) is 5.22. The second-order valence-corrected chi connectivity index (χ2v) is 7.35. The zero-order valence-corrected chi connectivity index (χ0v) is 14.5. The first kappa shape index (κ1) is 15.7. The Hall–Kier alpha value is -1.79. The average Bonchev–Trinajstić information content (AvgIpc) is 3.15. The summed E-state index contributed by atoms with van der Waals surface area (Å²) in [5.74, 6) is 1.26. The zero-order valence-electron chi connectivity index (χ0n) is 13.7. The molecule has 2 aromatic rings. The molecule has 1 N–H and O–H groups in total. The van der Waals surface area contributed by atoms with Gasteiger partial charge in [-0.3, -0.25) is 4.79 Å². The lowest BCUT2D eigenvalue weighted by Gasteiger charge is -2.35. The maximum atomic E-state index is 11.8. The number of nitrogens with zero attached hydrogens (tertiary/aromatic N) is 3. The highest BCUT2D eigenvalue weighted by Crippen LogP contribution is 2.43. The molecule has 6 heteroatoms. The minimum absolute atomic E-state index is 0.210. The third-order valence-corrected chi connectivity index (χ3v) is 6.00. The quantitative estimate of drug-likeness (QED) is 0.928. The Kier molecular flexibility index (Phi) is 4.33. The lowest BCUT2D eigenvalue weighted by Crippen LogP contribution is -2.43. The number of aromatic nitrogens is 2. The predicted molar refractivity (Wildman–Crippen MR) is 95.7 cm³/mol. The van der Waals surface area contributed by atoms with Crippen LogP contribution in [0.2, 0.25) is 0 Å². The number of nitrogens with one attached hydrogen (secondary N) is 1. The first-order valence-corrected chi connectivity index (χ1v) is 9.42. The molecule has 1 aromatic carbocycles. The van der Waals surface area contributed by atoms with E-state index in [-0.39, 0.29) is 5.41 Å². The van der Waals surface area contributed by atoms with E-state index < -0.39 is 0 Å². The van der Waals surface area contributed by atoms with Crippen molar-refractivity contribution in [3.63, 3.8) is 0 Å². The van der Waals surface area contributed by atoms with Crippen LogP contribution in [-0.4, -0.2) is 41.3 Å². The van der Waals surface area contributed by atoms with Gasteiger partial charge in [-0.2, -0.15) is 4.37 Å². The van der Waals surface area contributed by atoms with Gasteiger partial charge >= 0.3 is 0 Å². The molecule has 1 aliphatic carbocycles. The summed E-state index contributed by atoms with van der Waals surface area (Å²) in [5, 5.41) is 4.38. The van der Waals surface area contributed by atoms with Gasteiger partial charge in [0.1, 0.15) is 5.78 Å². The van der Waals surface area contributed by atoms with Crippen molar-refractivity contribution < 1.29 is 4.79 Å². The molecule has 5 nitrogen and oxygen atoms in total. The van der Waals surface area contributed by atoms with Crippen molar-refractivity contribution in [1.82, 2.24) is 14.7 Å². The van der Waals surface area contributed by atoms with Crippen LogP contribution in [-0.2, 0) is 10.2 Å². The van der Waals surface area contributed by atoms with Crippen LogP contribution in [0.25, 0.3) is 0 Å². The Morgan fingerprint density at radius 1 is 1.08 bits per heavy atom. The molecule has 0 unspecified atom stereocenters. The summed E-state index contributed by atoms with van der Waals surface area (Å²) in [5.41, 5.74) is 1.03. The minimum Gasteiger partial charge on any atom is -0.344 e. The summed E-state index contributed by atoms with van der Waals surface area (Å²) in [6, 6.07) is 10.5. The van der Waals surface area contributed by atoms with Gasteiger partial charge in [-0.1, -0.05) is 30.3 Å². The number of piperazine rings is 1. The van der Waals surface area contributed by atoms with Gasteiger partial charge < -0.3 is 10.2 Å². The molecule has 2 heterocycles. The number of hydrogen-bond donors (Lipinski definition) is 1. The maximum Gasteiger partial charge on any atom is 0.205 e. The normalized spacial score (nSPS) is 21.0. The number of carbonyl (C=O) groups is 1. The van der Waals surface area contributed by atoms with Gasteiger partial charge in [-0.25, -0.2) is 4.98 Å². The Morgan fingerprint density at radius 3 is 2.50 bits per heavy atom. The van der Waals surface area contributed by atoms with Crippen LogP contribution >= 0.6 is 11.5 Å². The lowest BCUT2D eigenvalue weighted by molar-refractivity contribution is -0.121. The largest absolute Gasteiger partial charge is 0.344 e. The van der Waals surface area contributed by atoms with Crippen molar-refractivity contribution in [2.75, 3.05) is 31.1 Å². The molecule has 0 amide bonds. The molecular weight excluding hydrogens is 320 g/mol.